The molecule has 1 aliphatic rings. The summed E-state index contributed by atoms with van der Waals surface area (Å²) in [6.07, 6.45) is 2.16. The third-order valence-electron chi connectivity index (χ3n) is 3.11. The fraction of sp³-hybridized carbons (Fsp3) is 0.571. The molecule has 1 aromatic carbocycles. The van der Waals surface area contributed by atoms with Crippen LogP contribution >= 0.6 is 0 Å². The zero-order valence-corrected chi connectivity index (χ0v) is 10.4. The second-order valence-corrected chi connectivity index (χ2v) is 4.70. The molecule has 2 heteroatoms. The minimum Gasteiger partial charge on any atom is -0.494 e. The Balaban J connectivity index is 2.20. The van der Waals surface area contributed by atoms with Gasteiger partial charge in [0, 0.05) is 12.1 Å². The van der Waals surface area contributed by atoms with Gasteiger partial charge in [-0.3, -0.25) is 0 Å². The Labute approximate surface area is 98.0 Å². The van der Waals surface area contributed by atoms with Crippen LogP contribution in [-0.4, -0.2) is 12.6 Å². The molecule has 2 rings (SSSR count). The van der Waals surface area contributed by atoms with Crippen LogP contribution in [-0.2, 0) is 6.42 Å². The maximum atomic E-state index is 5.67. The molecule has 0 spiro atoms. The summed E-state index contributed by atoms with van der Waals surface area (Å²) in [5.41, 5.74) is 2.86. The average Bonchev–Trinajstić information content (AvgIpc) is 2.25. The highest BCUT2D eigenvalue weighted by molar-refractivity contribution is 5.39. The number of hydrogen-bond donors (Lipinski definition) is 1. The average molecular weight is 219 g/mol. The third-order valence-corrected chi connectivity index (χ3v) is 3.11. The summed E-state index contributed by atoms with van der Waals surface area (Å²) in [6.45, 7) is 7.40. The van der Waals surface area contributed by atoms with Gasteiger partial charge in [0.2, 0.25) is 0 Å². The van der Waals surface area contributed by atoms with E-state index in [4.69, 9.17) is 4.74 Å². The van der Waals surface area contributed by atoms with Gasteiger partial charge in [0.15, 0.2) is 0 Å². The largest absolute Gasteiger partial charge is 0.494 e. The van der Waals surface area contributed by atoms with E-state index < -0.39 is 0 Å². The van der Waals surface area contributed by atoms with E-state index in [-0.39, 0.29) is 0 Å². The van der Waals surface area contributed by atoms with Crippen LogP contribution in [0.1, 0.15) is 44.4 Å². The SMILES string of the molecule is CCCOc1ccc2c(c1)CC(C)NC2C. The maximum absolute atomic E-state index is 5.67. The molecule has 2 atom stereocenters. The van der Waals surface area contributed by atoms with E-state index in [2.05, 4.69) is 44.3 Å². The van der Waals surface area contributed by atoms with Crippen molar-refractivity contribution in [1.82, 2.24) is 5.32 Å². The molecule has 0 amide bonds. The van der Waals surface area contributed by atoms with E-state index >= 15 is 0 Å². The van der Waals surface area contributed by atoms with E-state index in [0.717, 1.165) is 25.2 Å². The predicted octanol–water partition coefficient (Wildman–Crippen LogP) is 3.07. The van der Waals surface area contributed by atoms with Crippen LogP contribution in [0, 0.1) is 0 Å². The van der Waals surface area contributed by atoms with Gasteiger partial charge in [0.25, 0.3) is 0 Å². The molecule has 0 saturated heterocycles. The van der Waals surface area contributed by atoms with Gasteiger partial charge in [0.05, 0.1) is 6.61 Å². The van der Waals surface area contributed by atoms with Crippen molar-refractivity contribution in [2.75, 3.05) is 6.61 Å². The summed E-state index contributed by atoms with van der Waals surface area (Å²) < 4.78 is 5.67. The first kappa shape index (κ1) is 11.5. The third kappa shape index (κ3) is 2.38. The second kappa shape index (κ2) is 4.88. The smallest absolute Gasteiger partial charge is 0.119 e. The fourth-order valence-corrected chi connectivity index (χ4v) is 2.40. The normalized spacial score (nSPS) is 23.9. The molecule has 0 bridgehead atoms. The lowest BCUT2D eigenvalue weighted by Gasteiger charge is -2.29. The molecule has 0 aromatic heterocycles. The second-order valence-electron chi connectivity index (χ2n) is 4.70. The van der Waals surface area contributed by atoms with Gasteiger partial charge in [-0.2, -0.15) is 0 Å². The molecule has 0 radical (unpaired) electrons. The van der Waals surface area contributed by atoms with Crippen LogP contribution in [0.5, 0.6) is 5.75 Å². The Bertz CT molecular complexity index is 362. The molecule has 0 fully saturated rings. The number of fused-ring (bicyclic) bond motifs is 1. The Morgan fingerprint density at radius 3 is 2.94 bits per heavy atom. The molecule has 1 aliphatic heterocycles. The van der Waals surface area contributed by atoms with Gasteiger partial charge in [0.1, 0.15) is 5.75 Å². The van der Waals surface area contributed by atoms with Crippen molar-refractivity contribution in [3.05, 3.63) is 29.3 Å². The lowest BCUT2D eigenvalue weighted by atomic mass is 9.91. The van der Waals surface area contributed by atoms with Gasteiger partial charge < -0.3 is 10.1 Å². The van der Waals surface area contributed by atoms with Crippen molar-refractivity contribution in [3.8, 4) is 5.75 Å². The van der Waals surface area contributed by atoms with Crippen molar-refractivity contribution in [2.45, 2.75) is 45.7 Å². The Hall–Kier alpha value is -1.02. The highest BCUT2D eigenvalue weighted by Crippen LogP contribution is 2.28. The molecule has 1 heterocycles. The van der Waals surface area contributed by atoms with Gasteiger partial charge in [-0.05, 0) is 49.9 Å². The Morgan fingerprint density at radius 1 is 1.38 bits per heavy atom. The van der Waals surface area contributed by atoms with E-state index in [0.29, 0.717) is 12.1 Å². The first-order chi connectivity index (χ1) is 7.70. The zero-order valence-electron chi connectivity index (χ0n) is 10.4. The molecule has 1 N–H and O–H groups in total. The minimum atomic E-state index is 0.457. The van der Waals surface area contributed by atoms with Crippen molar-refractivity contribution in [2.24, 2.45) is 0 Å². The molecule has 16 heavy (non-hydrogen) atoms. The standard InChI is InChI=1S/C14H21NO/c1-4-7-16-13-5-6-14-11(3)15-10(2)8-12(14)9-13/h5-6,9-11,15H,4,7-8H2,1-3H3. The van der Waals surface area contributed by atoms with Crippen molar-refractivity contribution >= 4 is 0 Å². The van der Waals surface area contributed by atoms with Gasteiger partial charge in [-0.15, -0.1) is 0 Å². The Morgan fingerprint density at radius 2 is 2.19 bits per heavy atom. The lowest BCUT2D eigenvalue weighted by Crippen LogP contribution is -2.35. The summed E-state index contributed by atoms with van der Waals surface area (Å²) in [7, 11) is 0. The van der Waals surface area contributed by atoms with Crippen LogP contribution in [0.2, 0.25) is 0 Å². The summed E-state index contributed by atoms with van der Waals surface area (Å²) in [5, 5.41) is 3.56. The van der Waals surface area contributed by atoms with E-state index in [1.807, 2.05) is 0 Å². The predicted molar refractivity (Wildman–Crippen MR) is 66.9 cm³/mol. The quantitative estimate of drug-likeness (QED) is 0.843. The summed E-state index contributed by atoms with van der Waals surface area (Å²) in [6, 6.07) is 7.51. The van der Waals surface area contributed by atoms with Crippen LogP contribution in [0.25, 0.3) is 0 Å². The number of benzene rings is 1. The molecular formula is C14H21NO. The van der Waals surface area contributed by atoms with E-state index in [9.17, 15) is 0 Å². The molecule has 0 aliphatic carbocycles. The van der Waals surface area contributed by atoms with Crippen LogP contribution in [0.3, 0.4) is 0 Å². The van der Waals surface area contributed by atoms with Gasteiger partial charge >= 0.3 is 0 Å². The van der Waals surface area contributed by atoms with Crippen LogP contribution in [0.15, 0.2) is 18.2 Å². The van der Waals surface area contributed by atoms with E-state index in [1.54, 1.807) is 0 Å². The number of rotatable bonds is 3. The first-order valence-corrected chi connectivity index (χ1v) is 6.22. The lowest BCUT2D eigenvalue weighted by molar-refractivity contribution is 0.316. The monoisotopic (exact) mass is 219 g/mol. The van der Waals surface area contributed by atoms with Crippen LogP contribution in [0.4, 0.5) is 0 Å². The highest BCUT2D eigenvalue weighted by atomic mass is 16.5. The summed E-state index contributed by atoms with van der Waals surface area (Å²) in [4.78, 5) is 0. The molecular weight excluding hydrogens is 198 g/mol. The van der Waals surface area contributed by atoms with Crippen molar-refractivity contribution in [1.29, 1.82) is 0 Å². The van der Waals surface area contributed by atoms with Gasteiger partial charge in [-0.25, -0.2) is 0 Å². The number of nitrogens with one attached hydrogen (secondary N) is 1. The first-order valence-electron chi connectivity index (χ1n) is 6.22. The Kier molecular flexibility index (Phi) is 3.49. The summed E-state index contributed by atoms with van der Waals surface area (Å²) >= 11 is 0. The highest BCUT2D eigenvalue weighted by Gasteiger charge is 2.20. The molecule has 88 valence electrons. The van der Waals surface area contributed by atoms with E-state index in [1.165, 1.54) is 11.1 Å². The zero-order chi connectivity index (χ0) is 11.5. The number of ether oxygens (including phenoxy) is 1. The van der Waals surface area contributed by atoms with Crippen molar-refractivity contribution < 1.29 is 4.74 Å². The summed E-state index contributed by atoms with van der Waals surface area (Å²) in [5.74, 6) is 1.02. The molecule has 2 nitrogen and oxygen atoms in total. The molecule has 2 unspecified atom stereocenters. The van der Waals surface area contributed by atoms with Crippen molar-refractivity contribution in [3.63, 3.8) is 0 Å². The fourth-order valence-electron chi connectivity index (χ4n) is 2.40. The topological polar surface area (TPSA) is 21.3 Å². The molecule has 1 aromatic rings. The van der Waals surface area contributed by atoms with Gasteiger partial charge in [-0.1, -0.05) is 13.0 Å². The minimum absolute atomic E-state index is 0.457. The van der Waals surface area contributed by atoms with Crippen LogP contribution < -0.4 is 10.1 Å². The molecule has 0 saturated carbocycles. The maximum Gasteiger partial charge on any atom is 0.119 e. The number of hydrogen-bond acceptors (Lipinski definition) is 2.